The molecule has 0 radical (unpaired) electrons. The number of aromatic nitrogens is 2. The predicted molar refractivity (Wildman–Crippen MR) is 78.7 cm³/mol. The van der Waals surface area contributed by atoms with Crippen molar-refractivity contribution in [3.8, 4) is 5.75 Å². The molecule has 0 unspecified atom stereocenters. The molecule has 1 heterocycles. The lowest BCUT2D eigenvalue weighted by Gasteiger charge is -2.06. The molecule has 0 aliphatic rings. The summed E-state index contributed by atoms with van der Waals surface area (Å²) in [6.07, 6.45) is 1.59. The molecule has 0 aliphatic heterocycles. The second-order valence-electron chi connectivity index (χ2n) is 4.23. The summed E-state index contributed by atoms with van der Waals surface area (Å²) in [5, 5.41) is 7.01. The Kier molecular flexibility index (Phi) is 5.37. The summed E-state index contributed by atoms with van der Waals surface area (Å²) in [6, 6.07) is 8.47. The zero-order chi connectivity index (χ0) is 15.9. The Morgan fingerprint density at radius 1 is 1.36 bits per heavy atom. The van der Waals surface area contributed by atoms with Crippen molar-refractivity contribution in [1.82, 2.24) is 15.1 Å². The number of nitrogens with one attached hydrogen (secondary N) is 1. The van der Waals surface area contributed by atoms with Gasteiger partial charge < -0.3 is 14.8 Å². The van der Waals surface area contributed by atoms with Crippen molar-refractivity contribution in [3.05, 3.63) is 47.2 Å². The zero-order valence-corrected chi connectivity index (χ0v) is 12.5. The first-order valence-corrected chi connectivity index (χ1v) is 6.73. The van der Waals surface area contributed by atoms with E-state index in [2.05, 4.69) is 15.2 Å². The number of ether oxygens (including phenoxy) is 2. The third kappa shape index (κ3) is 4.49. The van der Waals surface area contributed by atoms with Gasteiger partial charge in [0.2, 0.25) is 0 Å². The van der Waals surface area contributed by atoms with Crippen LogP contribution in [0.2, 0.25) is 5.02 Å². The van der Waals surface area contributed by atoms with Gasteiger partial charge in [0.15, 0.2) is 6.73 Å². The fourth-order valence-electron chi connectivity index (χ4n) is 1.57. The molecule has 0 bridgehead atoms. The summed E-state index contributed by atoms with van der Waals surface area (Å²) < 4.78 is 11.4. The highest BCUT2D eigenvalue weighted by Crippen LogP contribution is 2.17. The van der Waals surface area contributed by atoms with Gasteiger partial charge in [-0.2, -0.15) is 5.10 Å². The van der Waals surface area contributed by atoms with E-state index in [4.69, 9.17) is 16.3 Å². The minimum Gasteiger partial charge on any atom is -0.471 e. The first-order valence-electron chi connectivity index (χ1n) is 6.35. The van der Waals surface area contributed by atoms with Crippen LogP contribution in [-0.4, -0.2) is 35.3 Å². The zero-order valence-electron chi connectivity index (χ0n) is 11.8. The predicted octanol–water partition coefficient (Wildman–Crippen LogP) is 1.48. The highest BCUT2D eigenvalue weighted by molar-refractivity contribution is 6.30. The highest BCUT2D eigenvalue weighted by Gasteiger charge is 2.11. The summed E-state index contributed by atoms with van der Waals surface area (Å²) in [6.45, 7) is -0.0775. The van der Waals surface area contributed by atoms with E-state index in [1.54, 1.807) is 30.5 Å². The Morgan fingerprint density at radius 2 is 2.18 bits per heavy atom. The van der Waals surface area contributed by atoms with Crippen LogP contribution in [0.25, 0.3) is 0 Å². The van der Waals surface area contributed by atoms with E-state index in [1.165, 1.54) is 17.9 Å². The van der Waals surface area contributed by atoms with Crippen molar-refractivity contribution < 1.29 is 19.1 Å². The molecule has 1 aromatic heterocycles. The second-order valence-corrected chi connectivity index (χ2v) is 4.67. The first-order chi connectivity index (χ1) is 10.6. The summed E-state index contributed by atoms with van der Waals surface area (Å²) in [7, 11) is 1.25. The van der Waals surface area contributed by atoms with Crippen LogP contribution < -0.4 is 10.1 Å². The molecule has 1 N–H and O–H groups in total. The molecule has 0 spiro atoms. The third-order valence-electron chi connectivity index (χ3n) is 2.65. The van der Waals surface area contributed by atoms with Gasteiger partial charge in [-0.15, -0.1) is 0 Å². The number of methoxy groups -OCH3 is 1. The van der Waals surface area contributed by atoms with Crippen LogP contribution in [0.5, 0.6) is 5.75 Å². The summed E-state index contributed by atoms with van der Waals surface area (Å²) in [5.74, 6) is -0.399. The molecular weight excluding hydrogens is 310 g/mol. The van der Waals surface area contributed by atoms with E-state index in [9.17, 15) is 9.59 Å². The number of carbonyl (C=O) groups is 2. The van der Waals surface area contributed by atoms with Gasteiger partial charge in [-0.05, 0) is 24.3 Å². The quantitative estimate of drug-likeness (QED) is 0.814. The number of carbonyl (C=O) groups excluding carboxylic acids is 2. The van der Waals surface area contributed by atoms with Crippen molar-refractivity contribution in [2.24, 2.45) is 0 Å². The largest absolute Gasteiger partial charge is 0.471 e. The smallest absolute Gasteiger partial charge is 0.325 e. The van der Waals surface area contributed by atoms with E-state index in [0.717, 1.165) is 0 Å². The normalized spacial score (nSPS) is 10.1. The molecular formula is C14H14ClN3O4. The molecule has 0 aliphatic carbocycles. The Bertz CT molecular complexity index is 672. The average molecular weight is 324 g/mol. The minimum atomic E-state index is -0.530. The van der Waals surface area contributed by atoms with E-state index in [0.29, 0.717) is 10.8 Å². The molecule has 1 aromatic carbocycles. The number of esters is 1. The van der Waals surface area contributed by atoms with Gasteiger partial charge >= 0.3 is 5.97 Å². The molecule has 0 saturated heterocycles. The highest BCUT2D eigenvalue weighted by atomic mass is 35.5. The second kappa shape index (κ2) is 7.46. The lowest BCUT2D eigenvalue weighted by atomic mass is 10.3. The number of nitrogens with zero attached hydrogens (tertiary/aromatic N) is 2. The SMILES string of the molecule is COC(=O)CNC(=O)c1ccn(COc2cccc(Cl)c2)n1. The number of amides is 1. The summed E-state index contributed by atoms with van der Waals surface area (Å²) in [4.78, 5) is 22.7. The molecule has 0 saturated carbocycles. The molecule has 1 amide bonds. The summed E-state index contributed by atoms with van der Waals surface area (Å²) >= 11 is 5.85. The molecule has 2 rings (SSSR count). The fourth-order valence-corrected chi connectivity index (χ4v) is 1.75. The standard InChI is InChI=1S/C14H14ClN3O4/c1-21-13(19)8-16-14(20)12-5-6-18(17-12)9-22-11-4-2-3-10(15)7-11/h2-7H,8-9H2,1H3,(H,16,20). The maximum atomic E-state index is 11.7. The van der Waals surface area contributed by atoms with Gasteiger partial charge in [0, 0.05) is 11.2 Å². The molecule has 2 aromatic rings. The molecule has 7 nitrogen and oxygen atoms in total. The maximum Gasteiger partial charge on any atom is 0.325 e. The Labute approximate surface area is 131 Å². The van der Waals surface area contributed by atoms with Crippen molar-refractivity contribution in [1.29, 1.82) is 0 Å². The van der Waals surface area contributed by atoms with Crippen LogP contribution >= 0.6 is 11.6 Å². The monoisotopic (exact) mass is 323 g/mol. The van der Waals surface area contributed by atoms with Crippen molar-refractivity contribution in [2.75, 3.05) is 13.7 Å². The lowest BCUT2D eigenvalue weighted by molar-refractivity contribution is -0.139. The Morgan fingerprint density at radius 3 is 2.91 bits per heavy atom. The number of hydrogen-bond donors (Lipinski definition) is 1. The summed E-state index contributed by atoms with van der Waals surface area (Å²) in [5.41, 5.74) is 0.179. The Balaban J connectivity index is 1.88. The minimum absolute atomic E-state index is 0.130. The van der Waals surface area contributed by atoms with Crippen LogP contribution in [-0.2, 0) is 16.3 Å². The van der Waals surface area contributed by atoms with Crippen LogP contribution in [0.4, 0.5) is 0 Å². The van der Waals surface area contributed by atoms with Gasteiger partial charge in [-0.1, -0.05) is 17.7 Å². The van der Waals surface area contributed by atoms with Gasteiger partial charge in [-0.3, -0.25) is 9.59 Å². The van der Waals surface area contributed by atoms with E-state index in [1.807, 2.05) is 0 Å². The topological polar surface area (TPSA) is 82.5 Å². The van der Waals surface area contributed by atoms with Crippen molar-refractivity contribution >= 4 is 23.5 Å². The lowest BCUT2D eigenvalue weighted by Crippen LogP contribution is -2.30. The average Bonchev–Trinajstić information content (AvgIpc) is 2.99. The molecule has 116 valence electrons. The van der Waals surface area contributed by atoms with Crippen molar-refractivity contribution in [3.63, 3.8) is 0 Å². The van der Waals surface area contributed by atoms with Crippen LogP contribution in [0.15, 0.2) is 36.5 Å². The van der Waals surface area contributed by atoms with E-state index < -0.39 is 11.9 Å². The van der Waals surface area contributed by atoms with Gasteiger partial charge in [0.1, 0.15) is 18.0 Å². The van der Waals surface area contributed by atoms with E-state index in [-0.39, 0.29) is 19.0 Å². The van der Waals surface area contributed by atoms with E-state index >= 15 is 0 Å². The van der Waals surface area contributed by atoms with Gasteiger partial charge in [-0.25, -0.2) is 4.68 Å². The number of benzene rings is 1. The van der Waals surface area contributed by atoms with Crippen molar-refractivity contribution in [2.45, 2.75) is 6.73 Å². The van der Waals surface area contributed by atoms with Gasteiger partial charge in [0.05, 0.1) is 7.11 Å². The van der Waals surface area contributed by atoms with Gasteiger partial charge in [0.25, 0.3) is 5.91 Å². The molecule has 8 heteroatoms. The van der Waals surface area contributed by atoms with Crippen LogP contribution in [0.3, 0.4) is 0 Å². The third-order valence-corrected chi connectivity index (χ3v) is 2.89. The molecule has 0 atom stereocenters. The van der Waals surface area contributed by atoms with Crippen LogP contribution in [0, 0.1) is 0 Å². The number of rotatable bonds is 6. The first kappa shape index (κ1) is 15.8. The van der Waals surface area contributed by atoms with Crippen LogP contribution in [0.1, 0.15) is 10.5 Å². The fraction of sp³-hybridized carbons (Fsp3) is 0.214. The Hall–Kier alpha value is -2.54. The maximum absolute atomic E-state index is 11.7. The molecule has 22 heavy (non-hydrogen) atoms. The molecule has 0 fully saturated rings. The number of halogens is 1. The number of hydrogen-bond acceptors (Lipinski definition) is 5.